The van der Waals surface area contributed by atoms with E-state index in [1.165, 1.54) is 4.20 Å². The van der Waals surface area contributed by atoms with Crippen molar-refractivity contribution in [2.75, 3.05) is 0 Å². The monoisotopic (exact) mass is 168 g/mol. The number of hydrogen-bond donors (Lipinski definition) is 0. The summed E-state index contributed by atoms with van der Waals surface area (Å²) in [4.78, 5) is 0. The third-order valence-electron chi connectivity index (χ3n) is 0.505. The average molecular weight is 169 g/mol. The van der Waals surface area contributed by atoms with Gasteiger partial charge in [-0.15, -0.1) is 20.1 Å². The normalized spacial score (nSPS) is 8.71. The van der Waals surface area contributed by atoms with Crippen molar-refractivity contribution in [1.82, 2.24) is 0 Å². The van der Waals surface area contributed by atoms with Crippen LogP contribution in [-0.2, 0) is 0 Å². The molecule has 7 heavy (non-hydrogen) atoms. The van der Waals surface area contributed by atoms with E-state index in [0.29, 0.717) is 0 Å². The Kier molecular flexibility index (Phi) is 4.28. The zero-order valence-electron chi connectivity index (χ0n) is 4.03. The largest absolute Gasteiger partial charge is 1.00 e. The Morgan fingerprint density at radius 1 is 1.71 bits per heavy atom. The van der Waals surface area contributed by atoms with Crippen molar-refractivity contribution < 1.29 is 18.9 Å². The van der Waals surface area contributed by atoms with Crippen LogP contribution < -0.4 is 18.9 Å². The maximum Gasteiger partial charge on any atom is 1.00 e. The minimum absolute atomic E-state index is 0. The molecule has 1 heterocycles. The standard InChI is InChI=1S/C4H3BrP.Li/c5-4-2-1-3-6-4;/h1-2,6H;/q-1;+1. The van der Waals surface area contributed by atoms with Crippen LogP contribution in [0, 0.1) is 5.80 Å². The summed E-state index contributed by atoms with van der Waals surface area (Å²) in [5.41, 5.74) is 0. The summed E-state index contributed by atoms with van der Waals surface area (Å²) in [7, 11) is 0.755. The summed E-state index contributed by atoms with van der Waals surface area (Å²) in [6, 6.07) is 3.95. The molecule has 1 rings (SSSR count). The molecular weight excluding hydrogens is 166 g/mol. The molecule has 0 aromatic carbocycles. The van der Waals surface area contributed by atoms with Crippen molar-refractivity contribution in [3.8, 4) is 0 Å². The van der Waals surface area contributed by atoms with Crippen molar-refractivity contribution in [3.05, 3.63) is 22.1 Å². The molecule has 0 nitrogen and oxygen atoms in total. The van der Waals surface area contributed by atoms with Crippen molar-refractivity contribution in [3.63, 3.8) is 0 Å². The van der Waals surface area contributed by atoms with Crippen molar-refractivity contribution in [2.24, 2.45) is 0 Å². The summed E-state index contributed by atoms with van der Waals surface area (Å²) in [5.74, 6) is 3.04. The van der Waals surface area contributed by atoms with E-state index in [-0.39, 0.29) is 18.9 Å². The first-order valence-corrected chi connectivity index (χ1v) is 3.39. The molecule has 0 radical (unpaired) electrons. The maximum absolute atomic E-state index is 3.32. The molecule has 0 aliphatic heterocycles. The van der Waals surface area contributed by atoms with Crippen LogP contribution in [0.3, 0.4) is 0 Å². The van der Waals surface area contributed by atoms with Crippen LogP contribution in [0.2, 0.25) is 0 Å². The van der Waals surface area contributed by atoms with Crippen LogP contribution in [0.1, 0.15) is 0 Å². The fraction of sp³-hybridized carbons (Fsp3) is 0. The molecule has 1 atom stereocenters. The SMILES string of the molecule is Brc1cc[c-][pH]1.[Li+]. The second kappa shape index (κ2) is 3.81. The van der Waals surface area contributed by atoms with Gasteiger partial charge >= 0.3 is 18.9 Å². The Morgan fingerprint density at radius 2 is 2.43 bits per heavy atom. The van der Waals surface area contributed by atoms with Crippen LogP contribution >= 0.6 is 24.1 Å². The van der Waals surface area contributed by atoms with Gasteiger partial charge in [-0.05, 0) is 0 Å². The molecular formula is C4H3BrLiP. The van der Waals surface area contributed by atoms with E-state index in [9.17, 15) is 0 Å². The molecule has 0 saturated heterocycles. The third kappa shape index (κ3) is 2.62. The molecule has 0 aliphatic carbocycles. The summed E-state index contributed by atoms with van der Waals surface area (Å²) < 4.78 is 1.25. The molecule has 0 spiro atoms. The zero-order valence-corrected chi connectivity index (χ0v) is 6.62. The van der Waals surface area contributed by atoms with Crippen LogP contribution in [0.25, 0.3) is 0 Å². The molecule has 0 fully saturated rings. The predicted octanol–water partition coefficient (Wildman–Crippen LogP) is -0.715. The van der Waals surface area contributed by atoms with E-state index >= 15 is 0 Å². The Labute approximate surface area is 65.1 Å². The first-order valence-electron chi connectivity index (χ1n) is 1.60. The molecule has 0 N–H and O–H groups in total. The fourth-order valence-electron chi connectivity index (χ4n) is 0.267. The van der Waals surface area contributed by atoms with Gasteiger partial charge in [0.05, 0.1) is 0 Å². The Balaban J connectivity index is 0.000000360. The number of hydrogen-bond acceptors (Lipinski definition) is 0. The predicted molar refractivity (Wildman–Crippen MR) is 32.5 cm³/mol. The van der Waals surface area contributed by atoms with Gasteiger partial charge in [0, 0.05) is 0 Å². The zero-order chi connectivity index (χ0) is 4.41. The summed E-state index contributed by atoms with van der Waals surface area (Å²) in [6.07, 6.45) is 0. The van der Waals surface area contributed by atoms with Gasteiger partial charge in [0.2, 0.25) is 0 Å². The van der Waals surface area contributed by atoms with Crippen LogP contribution in [-0.4, -0.2) is 0 Å². The summed E-state index contributed by atoms with van der Waals surface area (Å²) in [5, 5.41) is 0. The van der Waals surface area contributed by atoms with Gasteiger partial charge in [-0.25, -0.2) is 0 Å². The quantitative estimate of drug-likeness (QED) is 0.355. The van der Waals surface area contributed by atoms with Gasteiger partial charge < -0.3 is 0 Å². The molecule has 0 aliphatic rings. The van der Waals surface area contributed by atoms with Gasteiger partial charge in [-0.3, -0.25) is 8.19 Å². The van der Waals surface area contributed by atoms with E-state index in [2.05, 4.69) is 21.7 Å². The van der Waals surface area contributed by atoms with Gasteiger partial charge in [0.1, 0.15) is 0 Å². The third-order valence-corrected chi connectivity index (χ3v) is 2.08. The number of halogens is 1. The smallest absolute Gasteiger partial charge is 0.257 e. The fourth-order valence-corrected chi connectivity index (χ4v) is 1.21. The van der Waals surface area contributed by atoms with Gasteiger partial charge in [0.25, 0.3) is 0 Å². The van der Waals surface area contributed by atoms with Crippen molar-refractivity contribution in [2.45, 2.75) is 0 Å². The van der Waals surface area contributed by atoms with E-state index < -0.39 is 0 Å². The van der Waals surface area contributed by atoms with Crippen molar-refractivity contribution >= 4 is 24.1 Å². The van der Waals surface area contributed by atoms with Crippen LogP contribution in [0.4, 0.5) is 0 Å². The Bertz CT molecular complexity index is 115. The van der Waals surface area contributed by atoms with Gasteiger partial charge in [0.15, 0.2) is 0 Å². The van der Waals surface area contributed by atoms with E-state index in [1.807, 2.05) is 12.1 Å². The molecule has 1 unspecified atom stereocenters. The van der Waals surface area contributed by atoms with Crippen LogP contribution in [0.5, 0.6) is 0 Å². The summed E-state index contributed by atoms with van der Waals surface area (Å²) >= 11 is 3.32. The maximum atomic E-state index is 3.32. The first-order chi connectivity index (χ1) is 2.89. The van der Waals surface area contributed by atoms with E-state index in [0.717, 1.165) is 8.19 Å². The second-order valence-electron chi connectivity index (χ2n) is 0.951. The minimum atomic E-state index is 0. The van der Waals surface area contributed by atoms with E-state index in [4.69, 9.17) is 0 Å². The van der Waals surface area contributed by atoms with Gasteiger partial charge in [-0.1, -0.05) is 0 Å². The first kappa shape index (κ1) is 7.86. The van der Waals surface area contributed by atoms with Crippen molar-refractivity contribution in [1.29, 1.82) is 0 Å². The van der Waals surface area contributed by atoms with Gasteiger partial charge in [-0.2, -0.15) is 17.9 Å². The molecule has 0 saturated carbocycles. The minimum Gasteiger partial charge on any atom is -0.257 e. The molecule has 1 aromatic rings. The topological polar surface area (TPSA) is 0 Å². The second-order valence-corrected chi connectivity index (χ2v) is 3.61. The molecule has 32 valence electrons. The molecule has 0 bridgehead atoms. The molecule has 1 aromatic heterocycles. The molecule has 3 heteroatoms. The van der Waals surface area contributed by atoms with Crippen LogP contribution in [0.15, 0.2) is 16.3 Å². The van der Waals surface area contributed by atoms with E-state index in [1.54, 1.807) is 0 Å². The Morgan fingerprint density at radius 3 is 2.57 bits per heavy atom. The molecule has 0 amide bonds. The summed E-state index contributed by atoms with van der Waals surface area (Å²) in [6.45, 7) is 0. The Hall–Kier alpha value is 0.857. The average Bonchev–Trinajstić information content (AvgIpc) is 1.86. The number of rotatable bonds is 0.